The molecule has 0 aromatic heterocycles. The fraction of sp³-hybridized carbons (Fsp3) is 0.387. The van der Waals surface area contributed by atoms with Crippen LogP contribution in [0.4, 0.5) is 0 Å². The van der Waals surface area contributed by atoms with Crippen molar-refractivity contribution in [2.45, 2.75) is 70.3 Å². The second-order valence-electron chi connectivity index (χ2n) is 10.6. The van der Waals surface area contributed by atoms with Crippen molar-refractivity contribution in [2.24, 2.45) is 0 Å². The third-order valence-electron chi connectivity index (χ3n) is 6.96. The molecule has 1 heterocycles. The van der Waals surface area contributed by atoms with Crippen LogP contribution in [0.1, 0.15) is 52.0 Å². The van der Waals surface area contributed by atoms with E-state index in [4.69, 9.17) is 13.9 Å². The summed E-state index contributed by atoms with van der Waals surface area (Å²) < 4.78 is 19.1. The van der Waals surface area contributed by atoms with Gasteiger partial charge in [-0.3, -0.25) is 4.79 Å². The minimum atomic E-state index is -2.76. The first kappa shape index (κ1) is 26.3. The van der Waals surface area contributed by atoms with E-state index >= 15 is 0 Å². The molecule has 5 heteroatoms. The zero-order valence-corrected chi connectivity index (χ0v) is 22.7. The van der Waals surface area contributed by atoms with E-state index in [2.05, 4.69) is 93.6 Å². The molecule has 0 saturated carbocycles. The van der Waals surface area contributed by atoms with E-state index in [0.29, 0.717) is 26.1 Å². The van der Waals surface area contributed by atoms with Crippen LogP contribution in [0.5, 0.6) is 0 Å². The van der Waals surface area contributed by atoms with E-state index in [1.54, 1.807) is 0 Å². The van der Waals surface area contributed by atoms with Crippen LogP contribution in [0.2, 0.25) is 5.04 Å². The van der Waals surface area contributed by atoms with Gasteiger partial charge in [-0.25, -0.2) is 0 Å². The summed E-state index contributed by atoms with van der Waals surface area (Å²) in [6, 6.07) is 31.5. The molecule has 2 atom stereocenters. The molecule has 1 saturated heterocycles. The van der Waals surface area contributed by atoms with Gasteiger partial charge in [0.15, 0.2) is 0 Å². The molecule has 0 aliphatic carbocycles. The molecule has 0 amide bonds. The highest BCUT2D eigenvalue weighted by Crippen LogP contribution is 2.39. The molecule has 4 rings (SSSR count). The fourth-order valence-corrected chi connectivity index (χ4v) is 9.94. The molecule has 0 radical (unpaired) electrons. The largest absolute Gasteiger partial charge is 0.460 e. The van der Waals surface area contributed by atoms with Crippen LogP contribution in [0.25, 0.3) is 0 Å². The van der Waals surface area contributed by atoms with Crippen molar-refractivity contribution in [3.8, 4) is 0 Å². The molecule has 3 aromatic carbocycles. The van der Waals surface area contributed by atoms with Gasteiger partial charge in [0.1, 0.15) is 6.10 Å². The van der Waals surface area contributed by atoms with Gasteiger partial charge < -0.3 is 13.9 Å². The number of carbonyl (C=O) groups excluding carboxylic acids is 1. The van der Waals surface area contributed by atoms with Crippen molar-refractivity contribution in [1.29, 1.82) is 0 Å². The second kappa shape index (κ2) is 12.0. The van der Waals surface area contributed by atoms with Gasteiger partial charge >= 0.3 is 5.97 Å². The van der Waals surface area contributed by atoms with Crippen LogP contribution in [-0.4, -0.2) is 33.1 Å². The number of benzene rings is 3. The van der Waals surface area contributed by atoms with E-state index in [9.17, 15) is 4.79 Å². The number of carbonyl (C=O) groups is 1. The Morgan fingerprint density at radius 3 is 1.94 bits per heavy atom. The third-order valence-corrected chi connectivity index (χ3v) is 12.0. The quantitative estimate of drug-likeness (QED) is 0.194. The van der Waals surface area contributed by atoms with Gasteiger partial charge in [0.25, 0.3) is 8.32 Å². The summed E-state index contributed by atoms with van der Waals surface area (Å²) >= 11 is 0. The molecule has 36 heavy (non-hydrogen) atoms. The maximum atomic E-state index is 12.1. The lowest BCUT2D eigenvalue weighted by Gasteiger charge is -2.46. The highest BCUT2D eigenvalue weighted by atomic mass is 28.4. The standard InChI is InChI=1S/C31H38O4Si/c1-31(2,3)36(26-16-9-5-10-17-26,27-18-11-6-12-19-27)35-29(28-21-22-30(32)34-28)20-13-23-33-24-25-14-7-4-8-15-25/h4-12,14-19,28-29H,13,20-24H2,1-3H3/t28-,29-/m1/s1. The van der Waals surface area contributed by atoms with Gasteiger partial charge in [0.05, 0.1) is 12.7 Å². The molecule has 4 nitrogen and oxygen atoms in total. The Morgan fingerprint density at radius 2 is 1.44 bits per heavy atom. The zero-order chi connectivity index (χ0) is 25.4. The predicted octanol–water partition coefficient (Wildman–Crippen LogP) is 5.63. The van der Waals surface area contributed by atoms with Gasteiger partial charge in [-0.1, -0.05) is 112 Å². The lowest BCUT2D eigenvalue weighted by molar-refractivity contribution is -0.145. The first-order chi connectivity index (χ1) is 17.4. The van der Waals surface area contributed by atoms with E-state index in [-0.39, 0.29) is 23.2 Å². The minimum Gasteiger partial charge on any atom is -0.460 e. The van der Waals surface area contributed by atoms with Gasteiger partial charge in [-0.15, -0.1) is 0 Å². The fourth-order valence-electron chi connectivity index (χ4n) is 5.20. The molecule has 0 spiro atoms. The Hall–Kier alpha value is -2.73. The van der Waals surface area contributed by atoms with E-state index in [1.807, 2.05) is 18.2 Å². The summed E-state index contributed by atoms with van der Waals surface area (Å²) in [6.45, 7) is 8.06. The maximum absolute atomic E-state index is 12.1. The first-order valence-electron chi connectivity index (χ1n) is 13.0. The van der Waals surface area contributed by atoms with Gasteiger partial charge in [-0.05, 0) is 40.2 Å². The van der Waals surface area contributed by atoms with Crippen LogP contribution >= 0.6 is 0 Å². The Morgan fingerprint density at radius 1 is 0.889 bits per heavy atom. The Balaban J connectivity index is 1.59. The minimum absolute atomic E-state index is 0.128. The van der Waals surface area contributed by atoms with Crippen LogP contribution < -0.4 is 10.4 Å². The maximum Gasteiger partial charge on any atom is 0.306 e. The van der Waals surface area contributed by atoms with Crippen LogP contribution in [-0.2, 0) is 25.3 Å². The summed E-state index contributed by atoms with van der Waals surface area (Å²) in [6.07, 6.45) is 2.35. The number of esters is 1. The van der Waals surface area contributed by atoms with Crippen molar-refractivity contribution in [1.82, 2.24) is 0 Å². The topological polar surface area (TPSA) is 44.8 Å². The monoisotopic (exact) mass is 502 g/mol. The highest BCUT2D eigenvalue weighted by Gasteiger charge is 2.52. The van der Waals surface area contributed by atoms with E-state index < -0.39 is 8.32 Å². The molecule has 3 aromatic rings. The summed E-state index contributed by atoms with van der Waals surface area (Å²) in [7, 11) is -2.76. The molecule has 0 unspecified atom stereocenters. The summed E-state index contributed by atoms with van der Waals surface area (Å²) in [5.74, 6) is -0.128. The van der Waals surface area contributed by atoms with Gasteiger partial charge in [-0.2, -0.15) is 0 Å². The van der Waals surface area contributed by atoms with Crippen LogP contribution in [0, 0.1) is 0 Å². The lowest BCUT2D eigenvalue weighted by atomic mass is 10.1. The van der Waals surface area contributed by atoms with E-state index in [0.717, 1.165) is 12.8 Å². The third kappa shape index (κ3) is 6.15. The van der Waals surface area contributed by atoms with Crippen molar-refractivity contribution >= 4 is 24.7 Å². The van der Waals surface area contributed by atoms with Crippen molar-refractivity contribution in [3.63, 3.8) is 0 Å². The van der Waals surface area contributed by atoms with Crippen LogP contribution in [0.3, 0.4) is 0 Å². The SMILES string of the molecule is CC(C)(C)[Si](O[C@H](CCCOCc1ccccc1)[C@H]1CCC(=O)O1)(c1ccccc1)c1ccccc1. The summed E-state index contributed by atoms with van der Waals surface area (Å²) in [5, 5.41) is 2.33. The van der Waals surface area contributed by atoms with Crippen molar-refractivity contribution in [2.75, 3.05) is 6.61 Å². The smallest absolute Gasteiger partial charge is 0.306 e. The van der Waals surface area contributed by atoms with Gasteiger partial charge in [0.2, 0.25) is 0 Å². The molecular formula is C31H38O4Si. The number of rotatable bonds is 11. The van der Waals surface area contributed by atoms with Crippen LogP contribution in [0.15, 0.2) is 91.0 Å². The Kier molecular flexibility index (Phi) is 8.78. The Labute approximate surface area is 216 Å². The number of hydrogen-bond acceptors (Lipinski definition) is 4. The first-order valence-corrected chi connectivity index (χ1v) is 14.9. The average Bonchev–Trinajstić information content (AvgIpc) is 3.33. The van der Waals surface area contributed by atoms with Crippen molar-refractivity contribution in [3.05, 3.63) is 96.6 Å². The number of hydrogen-bond donors (Lipinski definition) is 0. The Bertz CT molecular complexity index is 1040. The molecule has 0 N–H and O–H groups in total. The van der Waals surface area contributed by atoms with E-state index in [1.165, 1.54) is 15.9 Å². The normalized spacial score (nSPS) is 17.1. The van der Waals surface area contributed by atoms with Gasteiger partial charge in [0, 0.05) is 13.0 Å². The summed E-state index contributed by atoms with van der Waals surface area (Å²) in [4.78, 5) is 12.1. The predicted molar refractivity (Wildman–Crippen MR) is 147 cm³/mol. The molecule has 1 fully saturated rings. The molecule has 1 aliphatic rings. The van der Waals surface area contributed by atoms with Crippen molar-refractivity contribution < 1.29 is 18.7 Å². The average molecular weight is 503 g/mol. The molecule has 1 aliphatic heterocycles. The second-order valence-corrected chi connectivity index (χ2v) is 14.8. The summed E-state index contributed by atoms with van der Waals surface area (Å²) in [5.41, 5.74) is 1.17. The molecule has 0 bridgehead atoms. The zero-order valence-electron chi connectivity index (χ0n) is 21.7. The molecule has 190 valence electrons. The highest BCUT2D eigenvalue weighted by molar-refractivity contribution is 6.99. The lowest BCUT2D eigenvalue weighted by Crippen LogP contribution is -2.68. The molecular weight excluding hydrogens is 464 g/mol. The number of ether oxygens (including phenoxy) is 2. The number of cyclic esters (lactones) is 1.